The molecular weight excluding hydrogens is 264 g/mol. The van der Waals surface area contributed by atoms with Crippen molar-refractivity contribution in [1.29, 1.82) is 0 Å². The molecule has 2 heterocycles. The molecule has 0 aliphatic rings. The van der Waals surface area contributed by atoms with Crippen LogP contribution in [-0.4, -0.2) is 21.7 Å². The number of amides is 1. The summed E-state index contributed by atoms with van der Waals surface area (Å²) in [5.41, 5.74) is 6.42. The first kappa shape index (κ1) is 15.1. The van der Waals surface area contributed by atoms with Crippen LogP contribution in [0.5, 0.6) is 0 Å². The molecule has 2 N–H and O–H groups in total. The van der Waals surface area contributed by atoms with E-state index in [4.69, 9.17) is 0 Å². The van der Waals surface area contributed by atoms with E-state index >= 15 is 0 Å². The summed E-state index contributed by atoms with van der Waals surface area (Å²) in [5, 5.41) is 4.03. The second kappa shape index (κ2) is 6.43. The Morgan fingerprint density at radius 2 is 2.24 bits per heavy atom. The molecular formula is C16H22N4O. The van der Waals surface area contributed by atoms with Crippen LogP contribution in [0.25, 0.3) is 0 Å². The molecule has 0 aliphatic heterocycles. The van der Waals surface area contributed by atoms with Crippen LogP contribution in [0.3, 0.4) is 0 Å². The molecule has 2 aromatic heterocycles. The van der Waals surface area contributed by atoms with E-state index in [1.165, 1.54) is 11.4 Å². The summed E-state index contributed by atoms with van der Waals surface area (Å²) in [6, 6.07) is 5.57. The number of rotatable bonds is 5. The van der Waals surface area contributed by atoms with E-state index in [0.29, 0.717) is 11.6 Å². The Morgan fingerprint density at radius 3 is 2.86 bits per heavy atom. The van der Waals surface area contributed by atoms with E-state index < -0.39 is 0 Å². The lowest BCUT2D eigenvalue weighted by Crippen LogP contribution is -2.17. The standard InChI is InChI=1S/C16H22N4O/c1-11(2)10-20-12(3)8-14(13(20)4)9-18-19-16(21)15-6-5-7-17-15/h5-9,11,17H,10H2,1-4H3,(H,19,21)/b18-9-. The molecule has 0 fully saturated rings. The SMILES string of the molecule is Cc1cc(/C=N\NC(=O)c2ccc[nH]2)c(C)n1CC(C)C. The number of hydrogen-bond acceptors (Lipinski definition) is 2. The number of aryl methyl sites for hydroxylation is 1. The molecule has 5 nitrogen and oxygen atoms in total. The van der Waals surface area contributed by atoms with Crippen LogP contribution in [0.1, 0.15) is 41.3 Å². The third-order valence-electron chi connectivity index (χ3n) is 3.37. The predicted molar refractivity (Wildman–Crippen MR) is 84.6 cm³/mol. The zero-order valence-corrected chi connectivity index (χ0v) is 13.0. The Balaban J connectivity index is 2.06. The van der Waals surface area contributed by atoms with Crippen LogP contribution < -0.4 is 5.43 Å². The molecule has 2 aromatic rings. The highest BCUT2D eigenvalue weighted by molar-refractivity contribution is 5.93. The van der Waals surface area contributed by atoms with Gasteiger partial charge in [-0.2, -0.15) is 5.10 Å². The summed E-state index contributed by atoms with van der Waals surface area (Å²) in [6.45, 7) is 9.54. The maximum Gasteiger partial charge on any atom is 0.287 e. The van der Waals surface area contributed by atoms with Crippen molar-refractivity contribution in [2.75, 3.05) is 0 Å². The molecule has 1 amide bonds. The number of hydrazone groups is 1. The van der Waals surface area contributed by atoms with E-state index in [-0.39, 0.29) is 5.91 Å². The minimum absolute atomic E-state index is 0.243. The normalized spacial score (nSPS) is 11.5. The summed E-state index contributed by atoms with van der Waals surface area (Å²) in [4.78, 5) is 14.6. The summed E-state index contributed by atoms with van der Waals surface area (Å²) >= 11 is 0. The summed E-state index contributed by atoms with van der Waals surface area (Å²) in [5.74, 6) is 0.347. The van der Waals surface area contributed by atoms with E-state index in [0.717, 1.165) is 12.1 Å². The van der Waals surface area contributed by atoms with Gasteiger partial charge in [-0.1, -0.05) is 13.8 Å². The van der Waals surface area contributed by atoms with Gasteiger partial charge < -0.3 is 9.55 Å². The van der Waals surface area contributed by atoms with Crippen LogP contribution in [0.4, 0.5) is 0 Å². The molecule has 0 atom stereocenters. The smallest absolute Gasteiger partial charge is 0.287 e. The van der Waals surface area contributed by atoms with Crippen molar-refractivity contribution in [3.05, 3.63) is 47.0 Å². The van der Waals surface area contributed by atoms with Crippen molar-refractivity contribution in [3.63, 3.8) is 0 Å². The lowest BCUT2D eigenvalue weighted by Gasteiger charge is -2.11. The third kappa shape index (κ3) is 3.62. The van der Waals surface area contributed by atoms with Gasteiger partial charge in [0.15, 0.2) is 0 Å². The van der Waals surface area contributed by atoms with Crippen LogP contribution in [0, 0.1) is 19.8 Å². The molecule has 5 heteroatoms. The zero-order chi connectivity index (χ0) is 15.4. The van der Waals surface area contributed by atoms with Crippen molar-refractivity contribution in [1.82, 2.24) is 15.0 Å². The number of nitrogens with one attached hydrogen (secondary N) is 2. The quantitative estimate of drug-likeness (QED) is 0.644. The topological polar surface area (TPSA) is 62.2 Å². The Kier molecular flexibility index (Phi) is 4.62. The highest BCUT2D eigenvalue weighted by Gasteiger charge is 2.09. The monoisotopic (exact) mass is 286 g/mol. The summed E-state index contributed by atoms with van der Waals surface area (Å²) in [7, 11) is 0. The van der Waals surface area contributed by atoms with Gasteiger partial charge in [0.2, 0.25) is 0 Å². The van der Waals surface area contributed by atoms with Gasteiger partial charge in [-0.15, -0.1) is 0 Å². The van der Waals surface area contributed by atoms with Gasteiger partial charge in [0.1, 0.15) is 5.69 Å². The lowest BCUT2D eigenvalue weighted by molar-refractivity contribution is 0.0951. The van der Waals surface area contributed by atoms with Crippen LogP contribution in [0.2, 0.25) is 0 Å². The zero-order valence-electron chi connectivity index (χ0n) is 13.0. The van der Waals surface area contributed by atoms with E-state index in [1.807, 2.05) is 0 Å². The molecule has 0 aliphatic carbocycles. The molecule has 0 saturated heterocycles. The van der Waals surface area contributed by atoms with Gasteiger partial charge in [-0.3, -0.25) is 4.79 Å². The molecule has 0 aromatic carbocycles. The number of aromatic amines is 1. The largest absolute Gasteiger partial charge is 0.357 e. The first-order chi connectivity index (χ1) is 9.99. The van der Waals surface area contributed by atoms with Crippen LogP contribution >= 0.6 is 0 Å². The number of hydrogen-bond donors (Lipinski definition) is 2. The van der Waals surface area contributed by atoms with Gasteiger partial charge in [0, 0.05) is 29.7 Å². The Labute approximate surface area is 125 Å². The second-order valence-corrected chi connectivity index (χ2v) is 5.61. The van der Waals surface area contributed by atoms with Gasteiger partial charge in [0.25, 0.3) is 5.91 Å². The predicted octanol–water partition coefficient (Wildman–Crippen LogP) is 2.85. The van der Waals surface area contributed by atoms with Crippen molar-refractivity contribution >= 4 is 12.1 Å². The van der Waals surface area contributed by atoms with Crippen molar-refractivity contribution in [2.45, 2.75) is 34.2 Å². The Morgan fingerprint density at radius 1 is 1.48 bits per heavy atom. The first-order valence-corrected chi connectivity index (χ1v) is 7.12. The van der Waals surface area contributed by atoms with Gasteiger partial charge in [-0.25, -0.2) is 5.43 Å². The van der Waals surface area contributed by atoms with Crippen LogP contribution in [-0.2, 0) is 6.54 Å². The number of carbonyl (C=O) groups excluding carboxylic acids is 1. The summed E-state index contributed by atoms with van der Waals surface area (Å²) < 4.78 is 2.28. The van der Waals surface area contributed by atoms with Crippen molar-refractivity contribution in [3.8, 4) is 0 Å². The molecule has 0 radical (unpaired) electrons. The van der Waals surface area contributed by atoms with E-state index in [1.54, 1.807) is 24.5 Å². The fraction of sp³-hybridized carbons (Fsp3) is 0.375. The highest BCUT2D eigenvalue weighted by Crippen LogP contribution is 2.15. The average molecular weight is 286 g/mol. The third-order valence-corrected chi connectivity index (χ3v) is 3.37. The average Bonchev–Trinajstić information content (AvgIpc) is 3.03. The number of carbonyl (C=O) groups is 1. The minimum Gasteiger partial charge on any atom is -0.357 e. The van der Waals surface area contributed by atoms with E-state index in [2.05, 4.69) is 53.8 Å². The number of aromatic nitrogens is 2. The molecule has 0 unspecified atom stereocenters. The minimum atomic E-state index is -0.243. The number of H-pyrrole nitrogens is 1. The maximum absolute atomic E-state index is 11.7. The van der Waals surface area contributed by atoms with Gasteiger partial charge in [0.05, 0.1) is 6.21 Å². The number of nitrogens with zero attached hydrogens (tertiary/aromatic N) is 2. The first-order valence-electron chi connectivity index (χ1n) is 7.12. The molecule has 21 heavy (non-hydrogen) atoms. The Hall–Kier alpha value is -2.30. The highest BCUT2D eigenvalue weighted by atomic mass is 16.2. The van der Waals surface area contributed by atoms with Crippen molar-refractivity contribution in [2.24, 2.45) is 11.0 Å². The van der Waals surface area contributed by atoms with Gasteiger partial charge in [-0.05, 0) is 38.0 Å². The lowest BCUT2D eigenvalue weighted by atomic mass is 10.2. The fourth-order valence-electron chi connectivity index (χ4n) is 2.30. The van der Waals surface area contributed by atoms with E-state index in [9.17, 15) is 4.79 Å². The maximum atomic E-state index is 11.7. The second-order valence-electron chi connectivity index (χ2n) is 5.61. The molecule has 0 spiro atoms. The van der Waals surface area contributed by atoms with Crippen LogP contribution in [0.15, 0.2) is 29.5 Å². The molecule has 112 valence electrons. The van der Waals surface area contributed by atoms with Gasteiger partial charge >= 0.3 is 0 Å². The molecule has 0 bridgehead atoms. The molecule has 0 saturated carbocycles. The fourth-order valence-corrected chi connectivity index (χ4v) is 2.30. The summed E-state index contributed by atoms with van der Waals surface area (Å²) in [6.07, 6.45) is 3.40. The Bertz CT molecular complexity index is 636. The molecule has 2 rings (SSSR count). The van der Waals surface area contributed by atoms with Crippen molar-refractivity contribution < 1.29 is 4.79 Å².